The number of carbonyl (C=O) groups is 2. The van der Waals surface area contributed by atoms with Crippen LogP contribution in [0.15, 0.2) is 72.8 Å². The largest absolute Gasteiger partial charge is 0.491 e. The van der Waals surface area contributed by atoms with Gasteiger partial charge in [-0.2, -0.15) is 0 Å². The average molecular weight is 455 g/mol. The molecule has 0 saturated heterocycles. The monoisotopic (exact) mass is 454 g/mol. The molecule has 158 valence electrons. The van der Waals surface area contributed by atoms with E-state index in [1.165, 1.54) is 0 Å². The average Bonchev–Trinajstić information content (AvgIpc) is 3.10. The summed E-state index contributed by atoms with van der Waals surface area (Å²) in [6.45, 7) is 0.260. The molecule has 3 aromatic rings. The second kappa shape index (κ2) is 9.13. The van der Waals surface area contributed by atoms with Crippen LogP contribution in [0.3, 0.4) is 0 Å². The highest BCUT2D eigenvalue weighted by Gasteiger charge is 2.56. The summed E-state index contributed by atoms with van der Waals surface area (Å²) in [4.78, 5) is 25.8. The summed E-state index contributed by atoms with van der Waals surface area (Å²) >= 11 is 11.9. The van der Waals surface area contributed by atoms with Crippen LogP contribution in [0.4, 0.5) is 0 Å². The summed E-state index contributed by atoms with van der Waals surface area (Å²) in [7, 11) is 0. The maximum absolute atomic E-state index is 14.1. The summed E-state index contributed by atoms with van der Waals surface area (Å²) in [6, 6.07) is 21.6. The lowest BCUT2D eigenvalue weighted by molar-refractivity contribution is -0.109. The van der Waals surface area contributed by atoms with Crippen LogP contribution in [0.25, 0.3) is 0 Å². The van der Waals surface area contributed by atoms with Gasteiger partial charge in [0.25, 0.3) is 0 Å². The van der Waals surface area contributed by atoms with Crippen LogP contribution in [0.5, 0.6) is 11.5 Å². The van der Waals surface area contributed by atoms with E-state index < -0.39 is 11.5 Å². The van der Waals surface area contributed by atoms with E-state index in [-0.39, 0.29) is 18.8 Å². The lowest BCUT2D eigenvalue weighted by Gasteiger charge is -2.35. The minimum absolute atomic E-state index is 0.101. The van der Waals surface area contributed by atoms with Crippen molar-refractivity contribution in [1.29, 1.82) is 0 Å². The first-order valence-electron chi connectivity index (χ1n) is 9.92. The van der Waals surface area contributed by atoms with Gasteiger partial charge in [-0.05, 0) is 29.8 Å². The zero-order valence-corrected chi connectivity index (χ0v) is 18.1. The van der Waals surface area contributed by atoms with Gasteiger partial charge in [0.15, 0.2) is 0 Å². The van der Waals surface area contributed by atoms with Gasteiger partial charge in [0, 0.05) is 22.9 Å². The molecular weight excluding hydrogens is 435 g/mol. The minimum Gasteiger partial charge on any atom is -0.491 e. The van der Waals surface area contributed by atoms with Crippen molar-refractivity contribution in [2.75, 3.05) is 12.5 Å². The Hall–Kier alpha value is -2.82. The van der Waals surface area contributed by atoms with Crippen LogP contribution in [-0.2, 0) is 10.4 Å². The molecule has 0 radical (unpaired) electrons. The molecule has 4 nitrogen and oxygen atoms in total. The standard InChI is InChI=1S/C25H20Cl2O4/c26-14-16-30-21-7-4-8-22-23(21)24(29)25(31-22,18-9-11-19(27)12-10-18)20(13-15-28)17-5-2-1-3-6-17/h1-12,15,20H,13-14,16H2/t20-,25-/m1/s1. The van der Waals surface area contributed by atoms with Crippen LogP contribution in [0.2, 0.25) is 5.02 Å². The number of aldehydes is 1. The van der Waals surface area contributed by atoms with Gasteiger partial charge in [-0.1, -0.05) is 60.1 Å². The van der Waals surface area contributed by atoms with E-state index in [0.29, 0.717) is 33.5 Å². The molecule has 0 fully saturated rings. The number of ether oxygens (including phenoxy) is 2. The van der Waals surface area contributed by atoms with Gasteiger partial charge in [0.05, 0.1) is 5.88 Å². The Balaban J connectivity index is 1.93. The van der Waals surface area contributed by atoms with Gasteiger partial charge in [-0.15, -0.1) is 11.6 Å². The number of hydrogen-bond acceptors (Lipinski definition) is 4. The maximum atomic E-state index is 14.1. The number of benzene rings is 3. The van der Waals surface area contributed by atoms with Crippen molar-refractivity contribution in [2.45, 2.75) is 17.9 Å². The first kappa shape index (κ1) is 21.4. The van der Waals surface area contributed by atoms with Gasteiger partial charge in [-0.3, -0.25) is 4.79 Å². The number of hydrogen-bond donors (Lipinski definition) is 0. The second-order valence-electron chi connectivity index (χ2n) is 7.21. The number of alkyl halides is 1. The molecule has 6 heteroatoms. The summed E-state index contributed by atoms with van der Waals surface area (Å²) in [6.07, 6.45) is 0.921. The highest BCUT2D eigenvalue weighted by Crippen LogP contribution is 2.52. The molecule has 0 spiro atoms. The third-order valence-corrected chi connectivity index (χ3v) is 5.86. The minimum atomic E-state index is -1.43. The van der Waals surface area contributed by atoms with E-state index >= 15 is 0 Å². The zero-order chi connectivity index (χ0) is 21.8. The van der Waals surface area contributed by atoms with Gasteiger partial charge in [-0.25, -0.2) is 0 Å². The van der Waals surface area contributed by atoms with E-state index in [4.69, 9.17) is 32.7 Å². The molecule has 1 aliphatic rings. The molecule has 0 N–H and O–H groups in total. The van der Waals surface area contributed by atoms with Gasteiger partial charge < -0.3 is 14.3 Å². The molecule has 0 aromatic heterocycles. The Labute approximate surface area is 190 Å². The van der Waals surface area contributed by atoms with Crippen molar-refractivity contribution in [3.8, 4) is 11.5 Å². The van der Waals surface area contributed by atoms with Crippen molar-refractivity contribution >= 4 is 35.3 Å². The number of rotatable bonds is 8. The molecule has 4 rings (SSSR count). The molecule has 1 aliphatic heterocycles. The molecule has 3 aromatic carbocycles. The molecule has 0 saturated carbocycles. The number of halogens is 2. The highest BCUT2D eigenvalue weighted by molar-refractivity contribution is 6.30. The number of Topliss-reactive ketones (excluding diaryl/α,β-unsaturated/α-hetero) is 1. The van der Waals surface area contributed by atoms with Gasteiger partial charge >= 0.3 is 0 Å². The summed E-state index contributed by atoms with van der Waals surface area (Å²) < 4.78 is 12.2. The quantitative estimate of drug-likeness (QED) is 0.318. The Morgan fingerprint density at radius 1 is 1.00 bits per heavy atom. The predicted octanol–water partition coefficient (Wildman–Crippen LogP) is 5.80. The van der Waals surface area contributed by atoms with Crippen molar-refractivity contribution in [2.24, 2.45) is 0 Å². The molecular formula is C25H20Cl2O4. The van der Waals surface area contributed by atoms with Gasteiger partial charge in [0.2, 0.25) is 11.4 Å². The van der Waals surface area contributed by atoms with Crippen molar-refractivity contribution < 1.29 is 19.1 Å². The maximum Gasteiger partial charge on any atom is 0.219 e. The number of ketones is 1. The van der Waals surface area contributed by atoms with Gasteiger partial charge in [0.1, 0.15) is 30.0 Å². The summed E-state index contributed by atoms with van der Waals surface area (Å²) in [5.41, 5.74) is 0.371. The lowest BCUT2D eigenvalue weighted by atomic mass is 9.72. The fourth-order valence-corrected chi connectivity index (χ4v) is 4.33. The second-order valence-corrected chi connectivity index (χ2v) is 8.02. The molecule has 0 unspecified atom stereocenters. The smallest absolute Gasteiger partial charge is 0.219 e. The number of carbonyl (C=O) groups excluding carboxylic acids is 2. The fourth-order valence-electron chi connectivity index (χ4n) is 4.13. The Kier molecular flexibility index (Phi) is 6.30. The molecule has 2 atom stereocenters. The van der Waals surface area contributed by atoms with Crippen LogP contribution < -0.4 is 9.47 Å². The number of fused-ring (bicyclic) bond motifs is 1. The van der Waals surface area contributed by atoms with E-state index in [9.17, 15) is 9.59 Å². The SMILES string of the molecule is O=CC[C@H](c1ccccc1)[C@@]1(c2ccc(Cl)cc2)Oc2cccc(OCCCl)c2C1=O. The summed E-state index contributed by atoms with van der Waals surface area (Å²) in [5, 5.41) is 0.541. The molecule has 31 heavy (non-hydrogen) atoms. The topological polar surface area (TPSA) is 52.6 Å². The van der Waals surface area contributed by atoms with Crippen molar-refractivity contribution in [3.05, 3.63) is 94.5 Å². The van der Waals surface area contributed by atoms with Crippen molar-refractivity contribution in [1.82, 2.24) is 0 Å². The normalized spacial score (nSPS) is 18.2. The third kappa shape index (κ3) is 3.82. The van der Waals surface area contributed by atoms with Crippen LogP contribution in [0, 0.1) is 0 Å². The first-order valence-corrected chi connectivity index (χ1v) is 10.8. The van der Waals surface area contributed by atoms with Crippen LogP contribution in [0.1, 0.15) is 33.8 Å². The predicted molar refractivity (Wildman–Crippen MR) is 121 cm³/mol. The fraction of sp³-hybridized carbons (Fsp3) is 0.200. The Morgan fingerprint density at radius 2 is 1.74 bits per heavy atom. The van der Waals surface area contributed by atoms with Crippen LogP contribution in [-0.4, -0.2) is 24.6 Å². The first-order chi connectivity index (χ1) is 15.1. The van der Waals surface area contributed by atoms with Crippen LogP contribution >= 0.6 is 23.2 Å². The molecule has 1 heterocycles. The zero-order valence-electron chi connectivity index (χ0n) is 16.6. The third-order valence-electron chi connectivity index (χ3n) is 5.46. The van der Waals surface area contributed by atoms with E-state index in [1.54, 1.807) is 42.5 Å². The molecule has 0 amide bonds. The van der Waals surface area contributed by atoms with E-state index in [1.807, 2.05) is 30.3 Å². The molecule has 0 aliphatic carbocycles. The lowest BCUT2D eigenvalue weighted by Crippen LogP contribution is -2.43. The Morgan fingerprint density at radius 3 is 2.42 bits per heavy atom. The van der Waals surface area contributed by atoms with E-state index in [0.717, 1.165) is 11.8 Å². The van der Waals surface area contributed by atoms with Crippen molar-refractivity contribution in [3.63, 3.8) is 0 Å². The highest BCUT2D eigenvalue weighted by atomic mass is 35.5. The van der Waals surface area contributed by atoms with E-state index in [2.05, 4.69) is 0 Å². The molecule has 0 bridgehead atoms. The Bertz CT molecular complexity index is 1080. The summed E-state index contributed by atoms with van der Waals surface area (Å²) in [5.74, 6) is 0.313.